The van der Waals surface area contributed by atoms with E-state index in [1.807, 2.05) is 36.4 Å². The van der Waals surface area contributed by atoms with Gasteiger partial charge in [-0.25, -0.2) is 8.42 Å². The van der Waals surface area contributed by atoms with Crippen LogP contribution in [-0.4, -0.2) is 57.4 Å². The van der Waals surface area contributed by atoms with Gasteiger partial charge in [0, 0.05) is 19.6 Å². The molecule has 1 N–H and O–H groups in total. The molecule has 3 aromatic carbocycles. The SMILES string of the molecule is COc1ccc(S(=O)(=O)N2CCC[C@H](C(=O)N3C[C@@H](C(=O)NCc4ccccc4)Oc4ccccc43)C2)cc1C. The smallest absolute Gasteiger partial charge is 0.263 e. The van der Waals surface area contributed by atoms with Crippen molar-refractivity contribution in [3.8, 4) is 11.5 Å². The number of ether oxygens (including phenoxy) is 2. The van der Waals surface area contributed by atoms with Gasteiger partial charge in [-0.1, -0.05) is 42.5 Å². The van der Waals surface area contributed by atoms with Crippen molar-refractivity contribution in [2.75, 3.05) is 31.6 Å². The number of piperidine rings is 1. The summed E-state index contributed by atoms with van der Waals surface area (Å²) in [5, 5.41) is 2.90. The first kappa shape index (κ1) is 27.7. The van der Waals surface area contributed by atoms with Crippen molar-refractivity contribution < 1.29 is 27.5 Å². The molecule has 0 radical (unpaired) electrons. The number of rotatable bonds is 7. The van der Waals surface area contributed by atoms with Crippen LogP contribution in [-0.2, 0) is 26.2 Å². The van der Waals surface area contributed by atoms with Gasteiger partial charge in [0.25, 0.3) is 5.91 Å². The Bertz CT molecular complexity index is 1490. The van der Waals surface area contributed by atoms with Gasteiger partial charge in [0.15, 0.2) is 6.10 Å². The van der Waals surface area contributed by atoms with E-state index in [4.69, 9.17) is 9.47 Å². The summed E-state index contributed by atoms with van der Waals surface area (Å²) in [7, 11) is -2.27. The van der Waals surface area contributed by atoms with Gasteiger partial charge in [-0.15, -0.1) is 0 Å². The highest BCUT2D eigenvalue weighted by Gasteiger charge is 2.39. The average molecular weight is 564 g/mol. The molecule has 210 valence electrons. The van der Waals surface area contributed by atoms with Gasteiger partial charge in [0.1, 0.15) is 11.5 Å². The molecular weight excluding hydrogens is 530 g/mol. The number of sulfonamides is 1. The second kappa shape index (κ2) is 11.7. The van der Waals surface area contributed by atoms with Crippen molar-refractivity contribution in [1.29, 1.82) is 0 Å². The zero-order valence-electron chi connectivity index (χ0n) is 22.6. The van der Waals surface area contributed by atoms with Crippen molar-refractivity contribution in [3.05, 3.63) is 83.9 Å². The van der Waals surface area contributed by atoms with Gasteiger partial charge in [-0.05, 0) is 61.2 Å². The summed E-state index contributed by atoms with van der Waals surface area (Å²) < 4.78 is 39.6. The highest BCUT2D eigenvalue weighted by molar-refractivity contribution is 7.89. The predicted octanol–water partition coefficient (Wildman–Crippen LogP) is 3.51. The Morgan fingerprint density at radius 2 is 1.77 bits per heavy atom. The molecule has 2 heterocycles. The molecular formula is C30H33N3O6S. The predicted molar refractivity (Wildman–Crippen MR) is 151 cm³/mol. The van der Waals surface area contributed by atoms with Crippen LogP contribution >= 0.6 is 0 Å². The molecule has 5 rings (SSSR count). The molecule has 2 amide bonds. The van der Waals surface area contributed by atoms with Gasteiger partial charge in [0.05, 0.1) is 30.2 Å². The monoisotopic (exact) mass is 563 g/mol. The van der Waals surface area contributed by atoms with Crippen molar-refractivity contribution in [1.82, 2.24) is 9.62 Å². The third-order valence-corrected chi connectivity index (χ3v) is 9.24. The lowest BCUT2D eigenvalue weighted by molar-refractivity contribution is -0.129. The summed E-state index contributed by atoms with van der Waals surface area (Å²) in [5.74, 6) is -0.0432. The van der Waals surface area contributed by atoms with Crippen LogP contribution in [0.25, 0.3) is 0 Å². The average Bonchev–Trinajstić information content (AvgIpc) is 2.99. The van der Waals surface area contributed by atoms with Crippen LogP contribution in [0, 0.1) is 12.8 Å². The lowest BCUT2D eigenvalue weighted by atomic mass is 9.97. The molecule has 0 bridgehead atoms. The lowest BCUT2D eigenvalue weighted by Crippen LogP contribution is -2.53. The molecule has 3 aromatic rings. The minimum Gasteiger partial charge on any atom is -0.496 e. The number of methoxy groups -OCH3 is 1. The molecule has 1 fully saturated rings. The zero-order valence-corrected chi connectivity index (χ0v) is 23.4. The Morgan fingerprint density at radius 1 is 1.02 bits per heavy atom. The van der Waals surface area contributed by atoms with Gasteiger partial charge in [-0.3, -0.25) is 9.59 Å². The molecule has 0 unspecified atom stereocenters. The number of carbonyl (C=O) groups is 2. The Hall–Kier alpha value is -3.89. The van der Waals surface area contributed by atoms with Crippen LogP contribution in [0.1, 0.15) is 24.0 Å². The molecule has 2 atom stereocenters. The van der Waals surface area contributed by atoms with E-state index in [9.17, 15) is 18.0 Å². The Kier molecular flexibility index (Phi) is 8.09. The van der Waals surface area contributed by atoms with E-state index < -0.39 is 22.0 Å². The molecule has 9 nitrogen and oxygen atoms in total. The van der Waals surface area contributed by atoms with Crippen LogP contribution < -0.4 is 19.7 Å². The third kappa shape index (κ3) is 5.68. The number of carbonyl (C=O) groups excluding carboxylic acids is 2. The van der Waals surface area contributed by atoms with Crippen LogP contribution in [0.5, 0.6) is 11.5 Å². The number of aryl methyl sites for hydroxylation is 1. The molecule has 0 spiro atoms. The van der Waals surface area contributed by atoms with Gasteiger partial charge < -0.3 is 19.7 Å². The van der Waals surface area contributed by atoms with Crippen LogP contribution in [0.3, 0.4) is 0 Å². The second-order valence-electron chi connectivity index (χ2n) is 10.1. The summed E-state index contributed by atoms with van der Waals surface area (Å²) >= 11 is 0. The normalized spacial score (nSPS) is 19.3. The van der Waals surface area contributed by atoms with E-state index in [0.29, 0.717) is 43.1 Å². The molecule has 0 aliphatic carbocycles. The number of anilines is 1. The number of para-hydroxylation sites is 2. The fraction of sp³-hybridized carbons (Fsp3) is 0.333. The fourth-order valence-electron chi connectivity index (χ4n) is 5.22. The number of hydrogen-bond donors (Lipinski definition) is 1. The molecule has 40 heavy (non-hydrogen) atoms. The largest absolute Gasteiger partial charge is 0.496 e. The van der Waals surface area contributed by atoms with Gasteiger partial charge in [0.2, 0.25) is 15.9 Å². The molecule has 1 saturated heterocycles. The van der Waals surface area contributed by atoms with Crippen molar-refractivity contribution in [2.24, 2.45) is 5.92 Å². The number of nitrogens with one attached hydrogen (secondary N) is 1. The molecule has 0 aromatic heterocycles. The van der Waals surface area contributed by atoms with Crippen LogP contribution in [0.2, 0.25) is 0 Å². The molecule has 10 heteroatoms. The zero-order chi connectivity index (χ0) is 28.3. The van der Waals surface area contributed by atoms with E-state index in [-0.39, 0.29) is 29.8 Å². The summed E-state index contributed by atoms with van der Waals surface area (Å²) in [6, 6.07) is 21.4. The fourth-order valence-corrected chi connectivity index (χ4v) is 6.83. The van der Waals surface area contributed by atoms with E-state index in [2.05, 4.69) is 5.32 Å². The number of hydrogen-bond acceptors (Lipinski definition) is 6. The Balaban J connectivity index is 1.33. The second-order valence-corrected chi connectivity index (χ2v) is 12.0. The highest BCUT2D eigenvalue weighted by Crippen LogP contribution is 2.36. The van der Waals surface area contributed by atoms with Crippen molar-refractivity contribution in [2.45, 2.75) is 37.3 Å². The third-order valence-electron chi connectivity index (χ3n) is 7.38. The molecule has 2 aliphatic rings. The van der Waals surface area contributed by atoms with E-state index in [0.717, 1.165) is 11.1 Å². The maximum Gasteiger partial charge on any atom is 0.263 e. The Morgan fingerprint density at radius 3 is 2.52 bits per heavy atom. The first-order chi connectivity index (χ1) is 19.3. The summed E-state index contributed by atoms with van der Waals surface area (Å²) in [5.41, 5.74) is 2.25. The van der Waals surface area contributed by atoms with Crippen LogP contribution in [0.4, 0.5) is 5.69 Å². The minimum absolute atomic E-state index is 0.0391. The molecule has 0 saturated carbocycles. The minimum atomic E-state index is -3.81. The van der Waals surface area contributed by atoms with Gasteiger partial charge >= 0.3 is 0 Å². The van der Waals surface area contributed by atoms with Crippen molar-refractivity contribution in [3.63, 3.8) is 0 Å². The standard InChI is InChI=1S/C30H33N3O6S/c1-21-17-24(14-15-26(21)38-2)40(36,37)32-16-8-11-23(19-32)30(35)33-20-28(39-27-13-7-6-12-25(27)33)29(34)31-18-22-9-4-3-5-10-22/h3-7,9-10,12-15,17,23,28H,8,11,16,18-20H2,1-2H3,(H,31,34)/t23-,28-/m0/s1. The van der Waals surface area contributed by atoms with E-state index in [1.54, 1.807) is 49.3 Å². The van der Waals surface area contributed by atoms with Crippen molar-refractivity contribution >= 4 is 27.5 Å². The summed E-state index contributed by atoms with van der Waals surface area (Å²) in [6.45, 7) is 2.58. The first-order valence-corrected chi connectivity index (χ1v) is 14.8. The summed E-state index contributed by atoms with van der Waals surface area (Å²) in [4.78, 5) is 28.7. The summed E-state index contributed by atoms with van der Waals surface area (Å²) in [6.07, 6.45) is 0.211. The number of amides is 2. The topological polar surface area (TPSA) is 105 Å². The van der Waals surface area contributed by atoms with E-state index >= 15 is 0 Å². The lowest BCUT2D eigenvalue weighted by Gasteiger charge is -2.38. The van der Waals surface area contributed by atoms with Gasteiger partial charge in [-0.2, -0.15) is 4.31 Å². The Labute approximate surface area is 234 Å². The molecule has 2 aliphatic heterocycles. The maximum atomic E-state index is 13.9. The highest BCUT2D eigenvalue weighted by atomic mass is 32.2. The first-order valence-electron chi connectivity index (χ1n) is 13.3. The number of fused-ring (bicyclic) bond motifs is 1. The maximum absolute atomic E-state index is 13.9. The van der Waals surface area contributed by atoms with Crippen LogP contribution in [0.15, 0.2) is 77.7 Å². The number of benzene rings is 3. The quantitative estimate of drug-likeness (QED) is 0.472. The number of nitrogens with zero attached hydrogens (tertiary/aromatic N) is 2. The van der Waals surface area contributed by atoms with E-state index in [1.165, 1.54) is 10.4 Å².